The van der Waals surface area contributed by atoms with Crippen LogP contribution >= 0.6 is 22.7 Å². The summed E-state index contributed by atoms with van der Waals surface area (Å²) >= 11 is 3.71. The Morgan fingerprint density at radius 1 is 0.184 bits per heavy atom. The van der Waals surface area contributed by atoms with E-state index in [1.807, 2.05) is 108 Å². The van der Waals surface area contributed by atoms with Crippen LogP contribution in [0, 0.1) is 0 Å². The largest absolute Gasteiger partial charge is 0.456 e. The van der Waals surface area contributed by atoms with Crippen LogP contribution in [0.2, 0.25) is 0 Å². The number of nitrogens with one attached hydrogen (secondary N) is 5. The van der Waals surface area contributed by atoms with Crippen LogP contribution in [-0.2, 0) is 21.7 Å². The smallest absolute Gasteiger partial charge is 0.137 e. The van der Waals surface area contributed by atoms with Crippen molar-refractivity contribution in [2.24, 2.45) is 0 Å². The molecule has 0 unspecified atom stereocenters. The Balaban J connectivity index is 0.0000000934. The number of anilines is 10. The van der Waals surface area contributed by atoms with Crippen LogP contribution in [-0.4, -0.2) is 0 Å². The first-order chi connectivity index (χ1) is 66.4. The number of fused-ring (bicyclic) bond motifs is 27. The number of benzene rings is 19. The highest BCUT2D eigenvalue weighted by atomic mass is 32.1. The van der Waals surface area contributed by atoms with Crippen LogP contribution in [0.3, 0.4) is 0 Å². The summed E-state index contributed by atoms with van der Waals surface area (Å²) in [4.78, 5) is 0. The third-order valence-electron chi connectivity index (χ3n) is 28.5. The second kappa shape index (κ2) is 33.0. The maximum atomic E-state index is 6.08. The molecule has 0 bridgehead atoms. The molecule has 5 heterocycles. The fourth-order valence-corrected chi connectivity index (χ4v) is 24.2. The molecule has 28 rings (SSSR count). The number of para-hydroxylation sites is 4. The molecule has 4 aliphatic rings. The fourth-order valence-electron chi connectivity index (χ4n) is 22.0. The number of rotatable bonds is 10. The Labute approximate surface area is 798 Å². The van der Waals surface area contributed by atoms with Gasteiger partial charge in [0, 0.05) is 124 Å². The van der Waals surface area contributed by atoms with Gasteiger partial charge in [-0.05, 0) is 229 Å². The maximum absolute atomic E-state index is 6.08. The van der Waals surface area contributed by atoms with Gasteiger partial charge in [0.05, 0.1) is 33.2 Å². The van der Waals surface area contributed by atoms with Gasteiger partial charge in [0.25, 0.3) is 0 Å². The predicted octanol–water partition coefficient (Wildman–Crippen LogP) is 36.8. The molecule has 0 amide bonds. The second-order valence-electron chi connectivity index (χ2n) is 38.1. The predicted molar refractivity (Wildman–Crippen MR) is 579 cm³/mol. The first-order valence-corrected chi connectivity index (χ1v) is 48.5. The summed E-state index contributed by atoms with van der Waals surface area (Å²) in [5.74, 6) is 0. The molecule has 136 heavy (non-hydrogen) atoms. The topological polar surface area (TPSA) is 99.6 Å². The summed E-state index contributed by atoms with van der Waals surface area (Å²) in [7, 11) is 0. The number of thiophene rings is 2. The molecule has 0 saturated carbocycles. The summed E-state index contributed by atoms with van der Waals surface area (Å²) in [6.45, 7) is 18.5. The van der Waals surface area contributed by atoms with E-state index >= 15 is 0 Å². The van der Waals surface area contributed by atoms with Gasteiger partial charge in [-0.15, -0.1) is 22.7 Å². The summed E-state index contributed by atoms with van der Waals surface area (Å²) in [5.41, 5.74) is 38.4. The first-order valence-electron chi connectivity index (χ1n) is 46.8. The van der Waals surface area contributed by atoms with Gasteiger partial charge >= 0.3 is 0 Å². The zero-order chi connectivity index (χ0) is 91.7. The van der Waals surface area contributed by atoms with Crippen molar-refractivity contribution in [3.63, 3.8) is 0 Å². The van der Waals surface area contributed by atoms with Crippen molar-refractivity contribution >= 4 is 186 Å². The van der Waals surface area contributed by atoms with Crippen molar-refractivity contribution in [1.29, 1.82) is 0 Å². The quantitative estimate of drug-likeness (QED) is 0.0924. The van der Waals surface area contributed by atoms with Gasteiger partial charge in [-0.3, -0.25) is 0 Å². The molecule has 0 radical (unpaired) electrons. The number of furan rings is 3. The van der Waals surface area contributed by atoms with Gasteiger partial charge in [-0.25, -0.2) is 0 Å². The average Bonchev–Trinajstić information content (AvgIpc) is 1.57. The van der Waals surface area contributed by atoms with Crippen LogP contribution in [0.4, 0.5) is 56.9 Å². The minimum atomic E-state index is -0.0537. The van der Waals surface area contributed by atoms with Crippen molar-refractivity contribution in [1.82, 2.24) is 0 Å². The van der Waals surface area contributed by atoms with Crippen molar-refractivity contribution in [3.8, 4) is 44.5 Å². The highest BCUT2D eigenvalue weighted by molar-refractivity contribution is 7.26. The average molecular weight is 1790 g/mol. The molecule has 0 fully saturated rings. The van der Waals surface area contributed by atoms with Crippen molar-refractivity contribution in [2.75, 3.05) is 26.6 Å². The second-order valence-corrected chi connectivity index (χ2v) is 40.2. The van der Waals surface area contributed by atoms with E-state index in [1.165, 1.54) is 135 Å². The van der Waals surface area contributed by atoms with Gasteiger partial charge < -0.3 is 39.8 Å². The maximum Gasteiger partial charge on any atom is 0.137 e. The van der Waals surface area contributed by atoms with Crippen molar-refractivity contribution < 1.29 is 13.3 Å². The monoisotopic (exact) mass is 1790 g/mol. The molecule has 19 aromatic carbocycles. The van der Waals surface area contributed by atoms with Gasteiger partial charge in [0.2, 0.25) is 0 Å². The standard InChI is InChI=1S/3C27H21NO.C27H21NS.C18H13NS/c1-27(2)20-12-5-3-9-17(20)18-11-7-14-22(26(18)27)28-21-13-8-16-24-25(21)19-10-4-6-15-23(19)29-24;1-27(2)19-11-5-3-9-17(19)25-20(27)12-7-13-21(25)28-22-14-8-16-24-26(22)18-10-4-6-15-23(18)29-24;1-27(2)21-10-5-3-8-18(21)20-16-17(14-15-22(20)27)28-23-11-7-13-25-26(23)19-9-4-6-12-24(19)29-25;1-27(2)21-10-5-3-8-18(21)19-15-14-17(16-22(19)27)28-23-11-7-13-25-26(23)20-9-4-6-12-24(20)29-25;1-2-6-13(7-3-1)19-14-10-11-18-16(12-14)15-8-4-5-9-17(15)20-18/h4*3-16,28H,1-2H3;1-12,19H. The molecule has 10 heteroatoms. The molecule has 24 aromatic rings. The Hall–Kier alpha value is -16.0. The molecule has 8 nitrogen and oxygen atoms in total. The lowest BCUT2D eigenvalue weighted by Gasteiger charge is -2.25. The minimum absolute atomic E-state index is 0.00202. The first kappa shape index (κ1) is 83.1. The van der Waals surface area contributed by atoms with Crippen molar-refractivity contribution in [3.05, 3.63) is 457 Å². The summed E-state index contributed by atoms with van der Waals surface area (Å²) in [6, 6.07) is 146. The van der Waals surface area contributed by atoms with E-state index in [0.29, 0.717) is 0 Å². The molecule has 5 N–H and O–H groups in total. The van der Waals surface area contributed by atoms with Crippen LogP contribution < -0.4 is 26.6 Å². The van der Waals surface area contributed by atoms with E-state index < -0.39 is 0 Å². The van der Waals surface area contributed by atoms with Gasteiger partial charge in [-0.1, -0.05) is 322 Å². The Morgan fingerprint density at radius 3 is 1.15 bits per heavy atom. The van der Waals surface area contributed by atoms with Crippen LogP contribution in [0.15, 0.2) is 426 Å². The normalized spacial score (nSPS) is 13.7. The SMILES string of the molecule is CC1(C)c2ccccc2-c2c(Nc3cccc4oc5ccccc5c34)cccc21.CC1(C)c2ccccc2-c2cc(Nc3cccc4oc5ccccc5c34)ccc21.CC1(C)c2ccccc2-c2ccc(Nc3cccc4sc5ccccc5c34)cc21.CC1(C)c2ccccc2-c2cccc(Nc3cccc4oc5ccccc5c34)c21.c1ccc(Nc2ccc3sc4ccccc4c3c2)cc1. The molecule has 0 aliphatic heterocycles. The Kier molecular flexibility index (Phi) is 20.2. The molecule has 0 spiro atoms. The molecular weight excluding hydrogens is 1700 g/mol. The highest BCUT2D eigenvalue weighted by Crippen LogP contribution is 2.57. The van der Waals surface area contributed by atoms with E-state index in [-0.39, 0.29) is 21.7 Å². The number of hydrogen-bond acceptors (Lipinski definition) is 10. The summed E-state index contributed by atoms with van der Waals surface area (Å²) in [5, 5.41) is 30.4. The molecule has 4 aliphatic carbocycles. The van der Waals surface area contributed by atoms with E-state index in [2.05, 4.69) is 410 Å². The van der Waals surface area contributed by atoms with E-state index in [9.17, 15) is 0 Å². The third-order valence-corrected chi connectivity index (χ3v) is 30.8. The minimum Gasteiger partial charge on any atom is -0.456 e. The summed E-state index contributed by atoms with van der Waals surface area (Å²) in [6.07, 6.45) is 0. The van der Waals surface area contributed by atoms with Gasteiger partial charge in [0.1, 0.15) is 33.5 Å². The summed E-state index contributed by atoms with van der Waals surface area (Å²) < 4.78 is 23.5. The zero-order valence-corrected chi connectivity index (χ0v) is 78.4. The molecule has 0 atom stereocenters. The Bertz CT molecular complexity index is 8860. The van der Waals surface area contributed by atoms with Crippen LogP contribution in [0.1, 0.15) is 99.9 Å². The van der Waals surface area contributed by atoms with Crippen molar-refractivity contribution in [2.45, 2.75) is 77.0 Å². The fraction of sp³-hybridized carbons (Fsp3) is 0.0952. The van der Waals surface area contributed by atoms with Crippen LogP contribution in [0.5, 0.6) is 0 Å². The molecular formula is C126H97N5O3S2. The van der Waals surface area contributed by atoms with Gasteiger partial charge in [-0.2, -0.15) is 0 Å². The molecule has 5 aromatic heterocycles. The van der Waals surface area contributed by atoms with E-state index in [1.54, 1.807) is 0 Å². The third kappa shape index (κ3) is 14.1. The lowest BCUT2D eigenvalue weighted by molar-refractivity contribution is 0.660. The molecule has 656 valence electrons. The Morgan fingerprint density at radius 2 is 0.537 bits per heavy atom. The van der Waals surface area contributed by atoms with Gasteiger partial charge in [0.15, 0.2) is 0 Å². The lowest BCUT2D eigenvalue weighted by atomic mass is 9.81. The van der Waals surface area contributed by atoms with E-state index in [4.69, 9.17) is 13.3 Å². The number of hydrogen-bond donors (Lipinski definition) is 5. The lowest BCUT2D eigenvalue weighted by Crippen LogP contribution is -2.16. The van der Waals surface area contributed by atoms with Crippen LogP contribution in [0.25, 0.3) is 151 Å². The highest BCUT2D eigenvalue weighted by Gasteiger charge is 2.41. The van der Waals surface area contributed by atoms with E-state index in [0.717, 1.165) is 117 Å². The molecule has 0 saturated heterocycles. The zero-order valence-electron chi connectivity index (χ0n) is 76.8.